The molecule has 140 valence electrons. The Bertz CT molecular complexity index is 1140. The third-order valence-corrected chi connectivity index (χ3v) is 5.79. The van der Waals surface area contributed by atoms with E-state index in [0.29, 0.717) is 6.42 Å². The van der Waals surface area contributed by atoms with Crippen LogP contribution in [0.3, 0.4) is 0 Å². The number of nitrogens with one attached hydrogen (secondary N) is 1. The maximum absolute atomic E-state index is 11.3. The van der Waals surface area contributed by atoms with Crippen molar-refractivity contribution < 1.29 is 9.90 Å². The topological polar surface area (TPSA) is 83.8 Å². The van der Waals surface area contributed by atoms with Crippen molar-refractivity contribution in [2.75, 3.05) is 0 Å². The number of carboxylic acid groups (broad SMARTS) is 1. The average molecular weight is 372 g/mol. The minimum absolute atomic E-state index is 0.193. The molecule has 0 aliphatic heterocycles. The zero-order chi connectivity index (χ0) is 19.1. The minimum Gasteiger partial charge on any atom is -0.481 e. The van der Waals surface area contributed by atoms with E-state index >= 15 is 0 Å². The van der Waals surface area contributed by atoms with E-state index in [1.54, 1.807) is 0 Å². The number of H-pyrrole nitrogens is 1. The van der Waals surface area contributed by atoms with Crippen LogP contribution in [0, 0.1) is 5.92 Å². The molecule has 0 spiro atoms. The summed E-state index contributed by atoms with van der Waals surface area (Å²) < 4.78 is 2.13. The fourth-order valence-corrected chi connectivity index (χ4v) is 4.29. The highest BCUT2D eigenvalue weighted by Crippen LogP contribution is 2.37. The lowest BCUT2D eigenvalue weighted by Crippen LogP contribution is -2.11. The molecule has 6 nitrogen and oxygen atoms in total. The Balaban J connectivity index is 1.45. The van der Waals surface area contributed by atoms with Gasteiger partial charge >= 0.3 is 5.97 Å². The molecule has 1 aliphatic rings. The molecule has 2 atom stereocenters. The molecule has 0 amide bonds. The highest BCUT2D eigenvalue weighted by Gasteiger charge is 2.31. The maximum atomic E-state index is 11.3. The van der Waals surface area contributed by atoms with Crippen LogP contribution >= 0.6 is 0 Å². The molecule has 0 radical (unpaired) electrons. The van der Waals surface area contributed by atoms with Gasteiger partial charge in [-0.25, -0.2) is 4.98 Å². The normalized spacial score (nSPS) is 19.3. The van der Waals surface area contributed by atoms with Crippen molar-refractivity contribution in [2.45, 2.75) is 25.3 Å². The third-order valence-electron chi connectivity index (χ3n) is 5.79. The highest BCUT2D eigenvalue weighted by atomic mass is 16.4. The summed E-state index contributed by atoms with van der Waals surface area (Å²) in [6, 6.07) is 14.8. The predicted molar refractivity (Wildman–Crippen MR) is 107 cm³/mol. The number of hydrogen-bond donors (Lipinski definition) is 2. The fourth-order valence-electron chi connectivity index (χ4n) is 4.29. The number of nitrogens with zero attached hydrogens (tertiary/aromatic N) is 3. The Morgan fingerprint density at radius 1 is 1.07 bits per heavy atom. The van der Waals surface area contributed by atoms with Crippen molar-refractivity contribution in [1.29, 1.82) is 0 Å². The minimum atomic E-state index is -0.693. The number of aromatic nitrogens is 4. The second kappa shape index (κ2) is 6.64. The highest BCUT2D eigenvalue weighted by molar-refractivity contribution is 5.94. The van der Waals surface area contributed by atoms with Crippen LogP contribution < -0.4 is 0 Å². The molecule has 1 aliphatic carbocycles. The van der Waals surface area contributed by atoms with E-state index in [0.717, 1.165) is 46.1 Å². The van der Waals surface area contributed by atoms with Crippen molar-refractivity contribution in [3.8, 4) is 22.4 Å². The summed E-state index contributed by atoms with van der Waals surface area (Å²) in [5.41, 5.74) is 5.41. The molecule has 5 rings (SSSR count). The fraction of sp³-hybridized carbons (Fsp3) is 0.227. The first kappa shape index (κ1) is 16.7. The van der Waals surface area contributed by atoms with E-state index in [2.05, 4.69) is 50.1 Å². The quantitative estimate of drug-likeness (QED) is 0.552. The van der Waals surface area contributed by atoms with Crippen LogP contribution in [0.1, 0.15) is 25.3 Å². The molecule has 6 heteroatoms. The summed E-state index contributed by atoms with van der Waals surface area (Å²) in [7, 11) is 0. The lowest BCUT2D eigenvalue weighted by molar-refractivity contribution is -0.141. The first-order chi connectivity index (χ1) is 13.7. The molecule has 2 aromatic heterocycles. The Kier molecular flexibility index (Phi) is 3.97. The average Bonchev–Trinajstić information content (AvgIpc) is 3.47. The van der Waals surface area contributed by atoms with Crippen LogP contribution in [0.15, 0.2) is 61.2 Å². The summed E-state index contributed by atoms with van der Waals surface area (Å²) in [5.74, 6) is -0.944. The molecule has 28 heavy (non-hydrogen) atoms. The number of aliphatic carboxylic acids is 1. The van der Waals surface area contributed by atoms with Gasteiger partial charge < -0.3 is 9.67 Å². The number of benzene rings is 2. The number of rotatable bonds is 4. The number of imidazole rings is 1. The van der Waals surface area contributed by atoms with E-state index in [9.17, 15) is 9.90 Å². The van der Waals surface area contributed by atoms with Crippen molar-refractivity contribution in [1.82, 2.24) is 19.7 Å². The molecule has 2 aromatic carbocycles. The molecular formula is C22H20N4O2. The van der Waals surface area contributed by atoms with E-state index in [1.807, 2.05) is 30.9 Å². The van der Waals surface area contributed by atoms with Gasteiger partial charge in [0.2, 0.25) is 0 Å². The molecule has 1 fully saturated rings. The Hall–Kier alpha value is -3.41. The van der Waals surface area contributed by atoms with Gasteiger partial charge in [0.05, 0.1) is 35.8 Å². The molecule has 2 N–H and O–H groups in total. The van der Waals surface area contributed by atoms with Gasteiger partial charge in [0.25, 0.3) is 0 Å². The number of fused-ring (bicyclic) bond motifs is 1. The Morgan fingerprint density at radius 3 is 2.68 bits per heavy atom. The molecule has 0 unspecified atom stereocenters. The molecule has 0 bridgehead atoms. The van der Waals surface area contributed by atoms with Crippen LogP contribution in [-0.2, 0) is 4.79 Å². The standard InChI is InChI=1S/C22H20N4O2/c27-22(28)16-8-9-17(10-16)26-13-23-12-21(26)15-6-4-14(5-7-15)18-2-1-3-20-19(18)11-24-25-20/h1-7,11-13,16-17H,8-10H2,(H,24,25)(H,27,28)/t16-,17+/m0/s1. The Morgan fingerprint density at radius 2 is 1.89 bits per heavy atom. The summed E-state index contributed by atoms with van der Waals surface area (Å²) >= 11 is 0. The smallest absolute Gasteiger partial charge is 0.306 e. The van der Waals surface area contributed by atoms with E-state index in [4.69, 9.17) is 0 Å². The lowest BCUT2D eigenvalue weighted by Gasteiger charge is -2.16. The van der Waals surface area contributed by atoms with Gasteiger partial charge in [-0.15, -0.1) is 0 Å². The maximum Gasteiger partial charge on any atom is 0.306 e. The van der Waals surface area contributed by atoms with Crippen LogP contribution in [0.5, 0.6) is 0 Å². The van der Waals surface area contributed by atoms with E-state index < -0.39 is 5.97 Å². The van der Waals surface area contributed by atoms with Crippen LogP contribution in [-0.4, -0.2) is 30.8 Å². The zero-order valence-corrected chi connectivity index (χ0v) is 15.2. The van der Waals surface area contributed by atoms with Crippen LogP contribution in [0.25, 0.3) is 33.3 Å². The van der Waals surface area contributed by atoms with Crippen molar-refractivity contribution in [3.63, 3.8) is 0 Å². The van der Waals surface area contributed by atoms with E-state index in [1.165, 1.54) is 0 Å². The van der Waals surface area contributed by atoms with Gasteiger partial charge in [-0.3, -0.25) is 9.89 Å². The summed E-state index contributed by atoms with van der Waals surface area (Å²) in [4.78, 5) is 15.6. The van der Waals surface area contributed by atoms with Crippen molar-refractivity contribution >= 4 is 16.9 Å². The molecule has 0 saturated heterocycles. The van der Waals surface area contributed by atoms with Crippen LogP contribution in [0.4, 0.5) is 0 Å². The number of aromatic amines is 1. The van der Waals surface area contributed by atoms with Crippen molar-refractivity contribution in [2.24, 2.45) is 5.92 Å². The zero-order valence-electron chi connectivity index (χ0n) is 15.2. The van der Waals surface area contributed by atoms with Gasteiger partial charge in [0, 0.05) is 11.4 Å². The second-order valence-electron chi connectivity index (χ2n) is 7.40. The van der Waals surface area contributed by atoms with Gasteiger partial charge in [-0.2, -0.15) is 5.10 Å². The van der Waals surface area contributed by atoms with Gasteiger partial charge in [-0.1, -0.05) is 36.4 Å². The number of carbonyl (C=O) groups is 1. The third kappa shape index (κ3) is 2.78. The van der Waals surface area contributed by atoms with E-state index in [-0.39, 0.29) is 12.0 Å². The predicted octanol–water partition coefficient (Wildman–Crippen LogP) is 4.52. The molecular weight excluding hydrogens is 352 g/mol. The van der Waals surface area contributed by atoms with Gasteiger partial charge in [0.1, 0.15) is 0 Å². The molecule has 4 aromatic rings. The van der Waals surface area contributed by atoms with Crippen LogP contribution in [0.2, 0.25) is 0 Å². The van der Waals surface area contributed by atoms with Gasteiger partial charge in [0.15, 0.2) is 0 Å². The summed E-state index contributed by atoms with van der Waals surface area (Å²) in [5, 5.41) is 17.5. The lowest BCUT2D eigenvalue weighted by atomic mass is 10.00. The first-order valence-electron chi connectivity index (χ1n) is 9.48. The number of hydrogen-bond acceptors (Lipinski definition) is 3. The molecule has 1 saturated carbocycles. The number of carboxylic acids is 1. The first-order valence-corrected chi connectivity index (χ1v) is 9.48. The summed E-state index contributed by atoms with van der Waals surface area (Å²) in [6.07, 6.45) is 7.81. The monoisotopic (exact) mass is 372 g/mol. The SMILES string of the molecule is O=C(O)[C@H]1CC[C@@H](n2cncc2-c2ccc(-c3cccc4[nH]ncc34)cc2)C1. The second-order valence-corrected chi connectivity index (χ2v) is 7.40. The largest absolute Gasteiger partial charge is 0.481 e. The van der Waals surface area contributed by atoms with Gasteiger partial charge in [-0.05, 0) is 42.0 Å². The van der Waals surface area contributed by atoms with Crippen molar-refractivity contribution in [3.05, 3.63) is 61.2 Å². The Labute approximate surface area is 161 Å². The summed E-state index contributed by atoms with van der Waals surface area (Å²) in [6.45, 7) is 0. The molecule has 2 heterocycles.